The molecule has 144 valence electrons. The summed E-state index contributed by atoms with van der Waals surface area (Å²) in [6.45, 7) is 4.21. The van der Waals surface area contributed by atoms with Crippen LogP contribution in [0.4, 0.5) is 0 Å². The highest BCUT2D eigenvalue weighted by molar-refractivity contribution is 6.30. The van der Waals surface area contributed by atoms with E-state index in [0.717, 1.165) is 44.2 Å². The van der Waals surface area contributed by atoms with Gasteiger partial charge in [0.05, 0.1) is 14.2 Å². The molecule has 27 heavy (non-hydrogen) atoms. The van der Waals surface area contributed by atoms with Gasteiger partial charge < -0.3 is 14.4 Å². The molecule has 0 unspecified atom stereocenters. The predicted octanol–water partition coefficient (Wildman–Crippen LogP) is 3.36. The smallest absolute Gasteiger partial charge is 0.254 e. The van der Waals surface area contributed by atoms with E-state index in [-0.39, 0.29) is 5.91 Å². The van der Waals surface area contributed by atoms with Crippen molar-refractivity contribution < 1.29 is 14.3 Å². The first-order valence-corrected chi connectivity index (χ1v) is 9.46. The molecule has 0 atom stereocenters. The Morgan fingerprint density at radius 2 is 1.63 bits per heavy atom. The molecule has 0 saturated carbocycles. The summed E-state index contributed by atoms with van der Waals surface area (Å²) in [4.78, 5) is 17.1. The van der Waals surface area contributed by atoms with Gasteiger partial charge in [0.15, 0.2) is 11.5 Å². The number of hydrogen-bond acceptors (Lipinski definition) is 4. The molecule has 0 aromatic heterocycles. The summed E-state index contributed by atoms with van der Waals surface area (Å²) >= 11 is 5.93. The topological polar surface area (TPSA) is 42.0 Å². The van der Waals surface area contributed by atoms with E-state index in [1.807, 2.05) is 17.0 Å². The van der Waals surface area contributed by atoms with Crippen molar-refractivity contribution in [1.82, 2.24) is 9.80 Å². The molecule has 1 aliphatic rings. The zero-order valence-electron chi connectivity index (χ0n) is 15.8. The lowest BCUT2D eigenvalue weighted by Gasteiger charge is -2.34. The molecule has 6 heteroatoms. The van der Waals surface area contributed by atoms with Crippen LogP contribution in [0, 0.1) is 0 Å². The Morgan fingerprint density at radius 3 is 2.26 bits per heavy atom. The van der Waals surface area contributed by atoms with Crippen LogP contribution >= 0.6 is 11.6 Å². The quantitative estimate of drug-likeness (QED) is 0.761. The van der Waals surface area contributed by atoms with E-state index in [1.165, 1.54) is 5.56 Å². The number of piperazine rings is 1. The molecule has 1 amide bonds. The van der Waals surface area contributed by atoms with Crippen LogP contribution < -0.4 is 9.47 Å². The Bertz CT molecular complexity index is 771. The first-order valence-electron chi connectivity index (χ1n) is 9.09. The van der Waals surface area contributed by atoms with Crippen LogP contribution in [-0.2, 0) is 6.42 Å². The largest absolute Gasteiger partial charge is 0.493 e. The molecule has 0 radical (unpaired) electrons. The third-order valence-electron chi connectivity index (χ3n) is 4.92. The number of hydrogen-bond donors (Lipinski definition) is 0. The number of carbonyl (C=O) groups excluding carboxylic acids is 1. The van der Waals surface area contributed by atoms with Crippen molar-refractivity contribution in [3.63, 3.8) is 0 Å². The van der Waals surface area contributed by atoms with E-state index in [2.05, 4.69) is 17.0 Å². The Kier molecular flexibility index (Phi) is 6.58. The summed E-state index contributed by atoms with van der Waals surface area (Å²) in [6, 6.07) is 13.3. The molecule has 5 nitrogen and oxygen atoms in total. The number of halogens is 1. The molecule has 0 bridgehead atoms. The number of amides is 1. The average molecular weight is 389 g/mol. The third-order valence-corrected chi connectivity index (χ3v) is 5.17. The Labute approximate surface area is 165 Å². The molecule has 2 aromatic rings. The minimum Gasteiger partial charge on any atom is -0.493 e. The summed E-state index contributed by atoms with van der Waals surface area (Å²) < 4.78 is 10.5. The van der Waals surface area contributed by atoms with E-state index in [0.29, 0.717) is 17.1 Å². The van der Waals surface area contributed by atoms with Crippen molar-refractivity contribution in [1.29, 1.82) is 0 Å². The summed E-state index contributed by atoms with van der Waals surface area (Å²) in [5.74, 6) is 1.24. The molecule has 2 aromatic carbocycles. The summed E-state index contributed by atoms with van der Waals surface area (Å²) in [6.07, 6.45) is 0.987. The van der Waals surface area contributed by atoms with E-state index in [4.69, 9.17) is 21.1 Å². The summed E-state index contributed by atoms with van der Waals surface area (Å²) in [5, 5.41) is 0.765. The molecule has 1 saturated heterocycles. The highest BCUT2D eigenvalue weighted by Crippen LogP contribution is 2.28. The van der Waals surface area contributed by atoms with E-state index >= 15 is 0 Å². The van der Waals surface area contributed by atoms with Crippen molar-refractivity contribution in [2.75, 3.05) is 46.9 Å². The Morgan fingerprint density at radius 1 is 0.963 bits per heavy atom. The van der Waals surface area contributed by atoms with Gasteiger partial charge in [-0.25, -0.2) is 0 Å². The van der Waals surface area contributed by atoms with Gasteiger partial charge in [0.25, 0.3) is 5.91 Å². The second-order valence-electron chi connectivity index (χ2n) is 6.58. The van der Waals surface area contributed by atoms with Crippen molar-refractivity contribution in [3.05, 3.63) is 58.6 Å². The van der Waals surface area contributed by atoms with Gasteiger partial charge in [-0.05, 0) is 42.3 Å². The average Bonchev–Trinajstić information content (AvgIpc) is 2.72. The maximum absolute atomic E-state index is 12.8. The molecule has 1 fully saturated rings. The maximum atomic E-state index is 12.8. The number of methoxy groups -OCH3 is 2. The number of benzene rings is 2. The summed E-state index contributed by atoms with van der Waals surface area (Å²) in [7, 11) is 3.16. The van der Waals surface area contributed by atoms with Crippen LogP contribution in [0.1, 0.15) is 15.9 Å². The van der Waals surface area contributed by atoms with Gasteiger partial charge in [0.2, 0.25) is 0 Å². The fourth-order valence-electron chi connectivity index (χ4n) is 3.26. The van der Waals surface area contributed by atoms with Crippen molar-refractivity contribution in [2.45, 2.75) is 6.42 Å². The number of carbonyl (C=O) groups is 1. The fourth-order valence-corrected chi connectivity index (χ4v) is 3.39. The molecular weight excluding hydrogens is 364 g/mol. The fraction of sp³-hybridized carbons (Fsp3) is 0.381. The minimum absolute atomic E-state index is 0.0355. The van der Waals surface area contributed by atoms with E-state index in [1.54, 1.807) is 32.4 Å². The second-order valence-corrected chi connectivity index (χ2v) is 7.02. The Balaban J connectivity index is 1.52. The SMILES string of the molecule is COc1ccc(C(=O)N2CCN(CCc3ccc(Cl)cc3)CC2)cc1OC. The lowest BCUT2D eigenvalue weighted by molar-refractivity contribution is 0.0638. The van der Waals surface area contributed by atoms with Crippen LogP contribution in [0.2, 0.25) is 5.02 Å². The molecular formula is C21H25ClN2O3. The van der Waals surface area contributed by atoms with Gasteiger partial charge in [-0.3, -0.25) is 9.69 Å². The van der Waals surface area contributed by atoms with Crippen LogP contribution in [0.25, 0.3) is 0 Å². The summed E-state index contributed by atoms with van der Waals surface area (Å²) in [5.41, 5.74) is 1.91. The van der Waals surface area contributed by atoms with E-state index in [9.17, 15) is 4.79 Å². The lowest BCUT2D eigenvalue weighted by atomic mass is 10.1. The first-order chi connectivity index (χ1) is 13.1. The minimum atomic E-state index is 0.0355. The number of rotatable bonds is 6. The van der Waals surface area contributed by atoms with Crippen LogP contribution in [0.5, 0.6) is 11.5 Å². The van der Waals surface area contributed by atoms with Gasteiger partial charge in [-0.1, -0.05) is 23.7 Å². The standard InChI is InChI=1S/C21H25ClN2O3/c1-26-19-8-5-17(15-20(19)27-2)21(25)24-13-11-23(12-14-24)10-9-16-3-6-18(22)7-4-16/h3-8,15H,9-14H2,1-2H3. The third kappa shape index (κ3) is 4.93. The molecule has 0 aliphatic carbocycles. The van der Waals surface area contributed by atoms with Crippen LogP contribution in [0.3, 0.4) is 0 Å². The molecule has 1 aliphatic heterocycles. The van der Waals surface area contributed by atoms with Crippen molar-refractivity contribution in [2.24, 2.45) is 0 Å². The van der Waals surface area contributed by atoms with Crippen LogP contribution in [0.15, 0.2) is 42.5 Å². The molecule has 0 N–H and O–H groups in total. The zero-order valence-corrected chi connectivity index (χ0v) is 16.5. The van der Waals surface area contributed by atoms with E-state index < -0.39 is 0 Å². The lowest BCUT2D eigenvalue weighted by Crippen LogP contribution is -2.49. The van der Waals surface area contributed by atoms with Crippen molar-refractivity contribution >= 4 is 17.5 Å². The van der Waals surface area contributed by atoms with Gasteiger partial charge in [-0.2, -0.15) is 0 Å². The highest BCUT2D eigenvalue weighted by atomic mass is 35.5. The van der Waals surface area contributed by atoms with Crippen LogP contribution in [-0.4, -0.2) is 62.7 Å². The van der Waals surface area contributed by atoms with Gasteiger partial charge in [0, 0.05) is 43.3 Å². The zero-order chi connectivity index (χ0) is 19.2. The highest BCUT2D eigenvalue weighted by Gasteiger charge is 2.22. The monoisotopic (exact) mass is 388 g/mol. The van der Waals surface area contributed by atoms with Gasteiger partial charge in [-0.15, -0.1) is 0 Å². The first kappa shape index (κ1) is 19.5. The maximum Gasteiger partial charge on any atom is 0.254 e. The number of ether oxygens (including phenoxy) is 2. The molecule has 3 rings (SSSR count). The normalized spacial score (nSPS) is 14.9. The Hall–Kier alpha value is -2.24. The second kappa shape index (κ2) is 9.11. The van der Waals surface area contributed by atoms with Crippen molar-refractivity contribution in [3.8, 4) is 11.5 Å². The molecule has 1 heterocycles. The predicted molar refractivity (Wildman–Crippen MR) is 107 cm³/mol. The number of nitrogens with zero attached hydrogens (tertiary/aromatic N) is 2. The van der Waals surface area contributed by atoms with Gasteiger partial charge in [0.1, 0.15) is 0 Å². The molecule has 0 spiro atoms. The van der Waals surface area contributed by atoms with Gasteiger partial charge >= 0.3 is 0 Å².